The number of nitrogens with zero attached hydrogens (tertiary/aromatic N) is 2. The van der Waals surface area contributed by atoms with Gasteiger partial charge in [0.2, 0.25) is 11.8 Å². The number of thioether (sulfide) groups is 1. The summed E-state index contributed by atoms with van der Waals surface area (Å²) in [6.45, 7) is 8.73. The summed E-state index contributed by atoms with van der Waals surface area (Å²) in [6, 6.07) is -0.638. The van der Waals surface area contributed by atoms with Crippen molar-refractivity contribution < 1.29 is 29.0 Å². The number of likely N-dealkylation sites (tertiary alicyclic amines) is 1. The molecule has 6 atom stereocenters. The number of fused-ring (bicyclic) bond motifs is 1. The maximum Gasteiger partial charge on any atom is 0.310 e. The minimum absolute atomic E-state index is 0.00152. The molecule has 9 nitrogen and oxygen atoms in total. The summed E-state index contributed by atoms with van der Waals surface area (Å²) < 4.78 is 10.1. The fourth-order valence-electron chi connectivity index (χ4n) is 6.07. The molecule has 1 spiro atoms. The molecule has 0 aliphatic carbocycles. The minimum atomic E-state index is -0.638. The molecule has 32 heavy (non-hydrogen) atoms. The molecule has 0 saturated carbocycles. The number of ether oxygens (including phenoxy) is 2. The Morgan fingerprint density at radius 3 is 2.75 bits per heavy atom. The Morgan fingerprint density at radius 1 is 1.31 bits per heavy atom. The molecular formula is C22H35N3O6S. The number of carbonyl (C=O) groups is 3. The third-order valence-electron chi connectivity index (χ3n) is 7.44. The van der Waals surface area contributed by atoms with E-state index in [-0.39, 0.29) is 42.2 Å². The number of aliphatic hydroxyl groups is 1. The molecule has 4 saturated heterocycles. The molecule has 0 aromatic rings. The lowest BCUT2D eigenvalue weighted by molar-refractivity contribution is -0.154. The van der Waals surface area contributed by atoms with Crippen molar-refractivity contribution in [2.45, 2.75) is 42.7 Å². The van der Waals surface area contributed by atoms with E-state index in [0.29, 0.717) is 32.7 Å². The lowest BCUT2D eigenvalue weighted by Crippen LogP contribution is -2.57. The van der Waals surface area contributed by atoms with E-state index >= 15 is 0 Å². The number of esters is 1. The van der Waals surface area contributed by atoms with Gasteiger partial charge in [-0.25, -0.2) is 0 Å². The first-order valence-electron chi connectivity index (χ1n) is 11.8. The molecule has 180 valence electrons. The van der Waals surface area contributed by atoms with Crippen molar-refractivity contribution in [1.82, 2.24) is 15.1 Å². The zero-order valence-electron chi connectivity index (χ0n) is 19.0. The Morgan fingerprint density at radius 2 is 2.06 bits per heavy atom. The van der Waals surface area contributed by atoms with Crippen LogP contribution in [0.15, 0.2) is 0 Å². The average Bonchev–Trinajstić information content (AvgIpc) is 3.37. The highest BCUT2D eigenvalue weighted by atomic mass is 32.2. The molecule has 0 aromatic carbocycles. The largest absolute Gasteiger partial charge is 0.466 e. The second-order valence-corrected chi connectivity index (χ2v) is 10.7. The van der Waals surface area contributed by atoms with Crippen LogP contribution >= 0.6 is 11.8 Å². The van der Waals surface area contributed by atoms with E-state index < -0.39 is 22.6 Å². The van der Waals surface area contributed by atoms with Gasteiger partial charge >= 0.3 is 5.97 Å². The quantitative estimate of drug-likeness (QED) is 0.444. The van der Waals surface area contributed by atoms with Gasteiger partial charge in [0.05, 0.1) is 36.4 Å². The molecular weight excluding hydrogens is 434 g/mol. The van der Waals surface area contributed by atoms with Gasteiger partial charge in [0.25, 0.3) is 0 Å². The van der Waals surface area contributed by atoms with Crippen LogP contribution in [0.4, 0.5) is 0 Å². The van der Waals surface area contributed by atoms with Crippen LogP contribution in [-0.4, -0.2) is 108 Å². The molecule has 2 N–H and O–H groups in total. The summed E-state index contributed by atoms with van der Waals surface area (Å²) in [6.07, 6.45) is 1.20. The minimum Gasteiger partial charge on any atom is -0.466 e. The van der Waals surface area contributed by atoms with E-state index in [1.165, 1.54) is 0 Å². The lowest BCUT2D eigenvalue weighted by Gasteiger charge is -2.38. The van der Waals surface area contributed by atoms with Gasteiger partial charge in [-0.2, -0.15) is 0 Å². The first-order valence-corrected chi connectivity index (χ1v) is 12.7. The molecule has 0 aromatic heterocycles. The van der Waals surface area contributed by atoms with E-state index in [2.05, 4.69) is 17.1 Å². The van der Waals surface area contributed by atoms with Gasteiger partial charge in [0.15, 0.2) is 0 Å². The van der Waals surface area contributed by atoms with Gasteiger partial charge in [0, 0.05) is 44.6 Å². The molecule has 10 heteroatoms. The SMILES string of the molecule is CCOC(=O)[C@@H]1[C@@H]2CC(C)C3(S2)C(C(=O)NCCN2CCOCC2)N(CCCO)C(=O)[C@H]13. The highest BCUT2D eigenvalue weighted by Crippen LogP contribution is 2.68. The maximum atomic E-state index is 13.6. The second kappa shape index (κ2) is 9.87. The maximum absolute atomic E-state index is 13.6. The van der Waals surface area contributed by atoms with E-state index in [4.69, 9.17) is 9.47 Å². The number of nitrogens with one attached hydrogen (secondary N) is 1. The molecule has 0 radical (unpaired) electrons. The number of carbonyl (C=O) groups excluding carboxylic acids is 3. The average molecular weight is 470 g/mol. The number of rotatable bonds is 9. The Balaban J connectivity index is 1.55. The van der Waals surface area contributed by atoms with Gasteiger partial charge in [-0.15, -0.1) is 11.8 Å². The van der Waals surface area contributed by atoms with Crippen LogP contribution in [0.1, 0.15) is 26.7 Å². The predicted molar refractivity (Wildman–Crippen MR) is 119 cm³/mol. The monoisotopic (exact) mass is 469 g/mol. The van der Waals surface area contributed by atoms with Crippen LogP contribution in [0.25, 0.3) is 0 Å². The van der Waals surface area contributed by atoms with E-state index in [9.17, 15) is 19.5 Å². The van der Waals surface area contributed by atoms with E-state index in [1.54, 1.807) is 23.6 Å². The topological polar surface area (TPSA) is 108 Å². The van der Waals surface area contributed by atoms with Crippen LogP contribution in [-0.2, 0) is 23.9 Å². The van der Waals surface area contributed by atoms with Crippen molar-refractivity contribution in [3.63, 3.8) is 0 Å². The van der Waals surface area contributed by atoms with Crippen molar-refractivity contribution in [2.24, 2.45) is 17.8 Å². The molecule has 4 aliphatic rings. The van der Waals surface area contributed by atoms with Gasteiger partial charge in [-0.05, 0) is 25.7 Å². The number of morpholine rings is 1. The highest BCUT2D eigenvalue weighted by molar-refractivity contribution is 8.02. The Labute approximate surface area is 193 Å². The normalized spacial score (nSPS) is 36.4. The Hall–Kier alpha value is -1.36. The summed E-state index contributed by atoms with van der Waals surface area (Å²) in [5.41, 5.74) is 0. The summed E-state index contributed by atoms with van der Waals surface area (Å²) in [5.74, 6) is -1.55. The van der Waals surface area contributed by atoms with Gasteiger partial charge in [0.1, 0.15) is 6.04 Å². The van der Waals surface area contributed by atoms with Crippen LogP contribution in [0.2, 0.25) is 0 Å². The zero-order valence-corrected chi connectivity index (χ0v) is 19.8. The van der Waals surface area contributed by atoms with Crippen molar-refractivity contribution in [3.8, 4) is 0 Å². The standard InChI is InChI=1S/C22H35N3O6S/c1-3-31-21(29)16-15-13-14(2)22(32-15)17(16)20(28)25(6-4-10-26)18(22)19(27)23-5-7-24-8-11-30-12-9-24/h14-18,26H,3-13H2,1-2H3,(H,23,27)/t14?,15-,16+,17-,18?,22?/m0/s1. The van der Waals surface area contributed by atoms with E-state index in [1.807, 2.05) is 0 Å². The van der Waals surface area contributed by atoms with Crippen molar-refractivity contribution in [3.05, 3.63) is 0 Å². The van der Waals surface area contributed by atoms with Crippen LogP contribution in [0, 0.1) is 17.8 Å². The van der Waals surface area contributed by atoms with E-state index in [0.717, 1.165) is 26.1 Å². The number of hydrogen-bond acceptors (Lipinski definition) is 8. The fraction of sp³-hybridized carbons (Fsp3) is 0.864. The first-order chi connectivity index (χ1) is 15.5. The Kier molecular flexibility index (Phi) is 7.33. The molecule has 4 aliphatic heterocycles. The zero-order chi connectivity index (χ0) is 22.9. The smallest absolute Gasteiger partial charge is 0.310 e. The highest BCUT2D eigenvalue weighted by Gasteiger charge is 2.76. The van der Waals surface area contributed by atoms with Crippen LogP contribution in [0.5, 0.6) is 0 Å². The molecule has 2 amide bonds. The van der Waals surface area contributed by atoms with Gasteiger partial charge < -0.3 is 24.8 Å². The van der Waals surface area contributed by atoms with Crippen molar-refractivity contribution >= 4 is 29.5 Å². The van der Waals surface area contributed by atoms with Gasteiger partial charge in [-0.1, -0.05) is 6.92 Å². The summed E-state index contributed by atoms with van der Waals surface area (Å²) >= 11 is 1.65. The van der Waals surface area contributed by atoms with Gasteiger partial charge in [-0.3, -0.25) is 19.3 Å². The van der Waals surface area contributed by atoms with Crippen molar-refractivity contribution in [2.75, 3.05) is 59.2 Å². The summed E-state index contributed by atoms with van der Waals surface area (Å²) in [4.78, 5) is 43.8. The summed E-state index contributed by atoms with van der Waals surface area (Å²) in [7, 11) is 0. The van der Waals surface area contributed by atoms with Crippen LogP contribution in [0.3, 0.4) is 0 Å². The fourth-order valence-corrected chi connectivity index (χ4v) is 8.48. The molecule has 4 heterocycles. The molecule has 4 fully saturated rings. The third kappa shape index (κ3) is 3.93. The third-order valence-corrected chi connectivity index (χ3v) is 9.52. The second-order valence-electron chi connectivity index (χ2n) is 9.16. The first kappa shape index (κ1) is 23.8. The predicted octanol–water partition coefficient (Wildman–Crippen LogP) is -0.282. The van der Waals surface area contributed by atoms with Crippen molar-refractivity contribution in [1.29, 1.82) is 0 Å². The molecule has 3 unspecified atom stereocenters. The molecule has 2 bridgehead atoms. The number of amides is 2. The summed E-state index contributed by atoms with van der Waals surface area (Å²) in [5, 5.41) is 12.5. The number of aliphatic hydroxyl groups excluding tert-OH is 1. The number of hydrogen-bond donors (Lipinski definition) is 2. The Bertz CT molecular complexity index is 732. The molecule has 4 rings (SSSR count). The van der Waals surface area contributed by atoms with Crippen LogP contribution < -0.4 is 5.32 Å². The lowest BCUT2D eigenvalue weighted by atomic mass is 9.66.